The SMILES string of the molecule is C=CCn1c(=O)c2cnc(NC3=CC(C)C(C)(N4CCC5(CCN(C)CC5)CC4)C=C3)nc2n1-c1cccc(C(C)(C)O)n1. The molecule has 3 aromatic heterocycles. The third-order valence-electron chi connectivity index (χ3n) is 10.3. The molecule has 2 unspecified atom stereocenters. The molecule has 44 heavy (non-hydrogen) atoms. The first kappa shape index (κ1) is 30.4. The van der Waals surface area contributed by atoms with E-state index in [1.165, 1.54) is 43.5 Å². The maximum atomic E-state index is 13.4. The molecule has 234 valence electrons. The Kier molecular flexibility index (Phi) is 7.88. The fraction of sp³-hybridized carbons (Fsp3) is 0.529. The summed E-state index contributed by atoms with van der Waals surface area (Å²) in [4.78, 5) is 32.5. The second-order valence-electron chi connectivity index (χ2n) is 13.7. The number of rotatable bonds is 7. The van der Waals surface area contributed by atoms with Crippen LogP contribution in [0.1, 0.15) is 59.1 Å². The fourth-order valence-corrected chi connectivity index (χ4v) is 7.06. The molecule has 3 aromatic rings. The summed E-state index contributed by atoms with van der Waals surface area (Å²) < 4.78 is 3.22. The third-order valence-corrected chi connectivity index (χ3v) is 10.3. The Bertz CT molecular complexity index is 1660. The number of aliphatic hydroxyl groups is 1. The van der Waals surface area contributed by atoms with Crippen LogP contribution in [0.25, 0.3) is 16.9 Å². The largest absolute Gasteiger partial charge is 0.384 e. The minimum absolute atomic E-state index is 0.0530. The molecule has 2 aliphatic heterocycles. The zero-order valence-corrected chi connectivity index (χ0v) is 26.8. The number of anilines is 1. The first-order chi connectivity index (χ1) is 20.9. The van der Waals surface area contributed by atoms with Gasteiger partial charge in [0.2, 0.25) is 5.95 Å². The van der Waals surface area contributed by atoms with Gasteiger partial charge in [-0.1, -0.05) is 31.2 Å². The molecular weight excluding hydrogens is 552 g/mol. The number of pyridine rings is 1. The van der Waals surface area contributed by atoms with Crippen molar-refractivity contribution in [3.8, 4) is 5.82 Å². The van der Waals surface area contributed by atoms with Crippen LogP contribution in [0.2, 0.25) is 0 Å². The Morgan fingerprint density at radius 2 is 1.84 bits per heavy atom. The Morgan fingerprint density at radius 3 is 2.50 bits per heavy atom. The highest BCUT2D eigenvalue weighted by Gasteiger charge is 2.43. The van der Waals surface area contributed by atoms with Crippen molar-refractivity contribution in [2.24, 2.45) is 11.3 Å². The molecular formula is C34H46N8O2. The molecule has 0 radical (unpaired) electrons. The number of fused-ring (bicyclic) bond motifs is 1. The summed E-state index contributed by atoms with van der Waals surface area (Å²) in [6.07, 6.45) is 15.2. The first-order valence-corrected chi connectivity index (χ1v) is 15.8. The van der Waals surface area contributed by atoms with Gasteiger partial charge >= 0.3 is 0 Å². The second kappa shape index (κ2) is 11.4. The van der Waals surface area contributed by atoms with Crippen LogP contribution in [-0.2, 0) is 12.1 Å². The van der Waals surface area contributed by atoms with Crippen molar-refractivity contribution >= 4 is 17.0 Å². The minimum atomic E-state index is -1.14. The van der Waals surface area contributed by atoms with E-state index in [-0.39, 0.29) is 23.6 Å². The first-order valence-electron chi connectivity index (χ1n) is 15.8. The average molecular weight is 599 g/mol. The van der Waals surface area contributed by atoms with Gasteiger partial charge in [-0.15, -0.1) is 6.58 Å². The summed E-state index contributed by atoms with van der Waals surface area (Å²) in [5.41, 5.74) is 0.957. The van der Waals surface area contributed by atoms with Crippen molar-refractivity contribution in [2.75, 3.05) is 38.5 Å². The molecule has 2 N–H and O–H groups in total. The topological polar surface area (TPSA) is 104 Å². The lowest BCUT2D eigenvalue weighted by atomic mass is 9.69. The number of piperidine rings is 2. The number of aromatic nitrogens is 5. The second-order valence-corrected chi connectivity index (χ2v) is 13.7. The normalized spacial score (nSPS) is 24.5. The molecule has 0 bridgehead atoms. The van der Waals surface area contributed by atoms with Gasteiger partial charge in [0.25, 0.3) is 5.56 Å². The van der Waals surface area contributed by atoms with Crippen LogP contribution >= 0.6 is 0 Å². The van der Waals surface area contributed by atoms with Crippen LogP contribution in [0.15, 0.2) is 65.8 Å². The zero-order chi connectivity index (χ0) is 31.3. The van der Waals surface area contributed by atoms with Gasteiger partial charge < -0.3 is 15.3 Å². The third kappa shape index (κ3) is 5.55. The van der Waals surface area contributed by atoms with Crippen molar-refractivity contribution in [3.63, 3.8) is 0 Å². The summed E-state index contributed by atoms with van der Waals surface area (Å²) >= 11 is 0. The van der Waals surface area contributed by atoms with E-state index < -0.39 is 5.60 Å². The van der Waals surface area contributed by atoms with Gasteiger partial charge in [-0.25, -0.2) is 19.3 Å². The van der Waals surface area contributed by atoms with Crippen molar-refractivity contribution in [3.05, 3.63) is 77.0 Å². The number of allylic oxidation sites excluding steroid dienone is 2. The maximum Gasteiger partial charge on any atom is 0.278 e. The molecule has 0 saturated carbocycles. The molecule has 10 heteroatoms. The van der Waals surface area contributed by atoms with Crippen LogP contribution in [-0.4, -0.2) is 78.0 Å². The highest BCUT2D eigenvalue weighted by molar-refractivity contribution is 5.76. The Labute approximate surface area is 259 Å². The van der Waals surface area contributed by atoms with Crippen LogP contribution in [0.4, 0.5) is 5.95 Å². The van der Waals surface area contributed by atoms with Crippen LogP contribution in [0, 0.1) is 11.3 Å². The van der Waals surface area contributed by atoms with Gasteiger partial charge in [0.05, 0.1) is 12.2 Å². The predicted molar refractivity (Wildman–Crippen MR) is 175 cm³/mol. The zero-order valence-electron chi connectivity index (χ0n) is 26.8. The molecule has 2 atom stereocenters. The number of hydrogen-bond donors (Lipinski definition) is 2. The summed E-state index contributed by atoms with van der Waals surface area (Å²) in [5, 5.41) is 14.4. The molecule has 2 fully saturated rings. The average Bonchev–Trinajstić information content (AvgIpc) is 3.27. The summed E-state index contributed by atoms with van der Waals surface area (Å²) in [6, 6.07) is 5.38. The monoisotopic (exact) mass is 598 g/mol. The smallest absolute Gasteiger partial charge is 0.278 e. The molecule has 1 spiro atoms. The van der Waals surface area contributed by atoms with Gasteiger partial charge in [0.1, 0.15) is 11.0 Å². The molecule has 0 amide bonds. The molecule has 10 nitrogen and oxygen atoms in total. The molecule has 6 rings (SSSR count). The highest BCUT2D eigenvalue weighted by atomic mass is 16.3. The van der Waals surface area contributed by atoms with E-state index in [1.807, 2.05) is 6.07 Å². The van der Waals surface area contributed by atoms with E-state index >= 15 is 0 Å². The molecule has 5 heterocycles. The van der Waals surface area contributed by atoms with Crippen molar-refractivity contribution in [1.82, 2.24) is 34.1 Å². The van der Waals surface area contributed by atoms with Crippen molar-refractivity contribution in [1.29, 1.82) is 0 Å². The van der Waals surface area contributed by atoms with E-state index in [1.54, 1.807) is 42.9 Å². The lowest BCUT2D eigenvalue weighted by Gasteiger charge is -2.52. The van der Waals surface area contributed by atoms with Crippen LogP contribution in [0.3, 0.4) is 0 Å². The Hall–Kier alpha value is -3.60. The maximum absolute atomic E-state index is 13.4. The van der Waals surface area contributed by atoms with Crippen molar-refractivity contribution < 1.29 is 5.11 Å². The number of hydrogen-bond acceptors (Lipinski definition) is 8. The quantitative estimate of drug-likeness (QED) is 0.385. The minimum Gasteiger partial charge on any atom is -0.384 e. The number of likely N-dealkylation sites (tertiary alicyclic amines) is 2. The van der Waals surface area contributed by atoms with E-state index in [4.69, 9.17) is 4.98 Å². The van der Waals surface area contributed by atoms with Gasteiger partial charge in [0.15, 0.2) is 11.5 Å². The van der Waals surface area contributed by atoms with Gasteiger partial charge in [0, 0.05) is 17.4 Å². The fourth-order valence-electron chi connectivity index (χ4n) is 7.06. The molecule has 3 aliphatic rings. The Morgan fingerprint density at radius 1 is 1.14 bits per heavy atom. The summed E-state index contributed by atoms with van der Waals surface area (Å²) in [6.45, 7) is 16.8. The van der Waals surface area contributed by atoms with Crippen LogP contribution < -0.4 is 10.9 Å². The lowest BCUT2D eigenvalue weighted by Crippen LogP contribution is -2.56. The van der Waals surface area contributed by atoms with Crippen LogP contribution in [0.5, 0.6) is 0 Å². The van der Waals surface area contributed by atoms with Gasteiger partial charge in [-0.2, -0.15) is 4.98 Å². The number of nitrogens with zero attached hydrogens (tertiary/aromatic N) is 7. The standard InChI is InChI=1S/C34H46N8O2/c1-7-17-41-30(43)26-23-35-31(38-29(26)42(41)28-10-8-9-27(37-28)32(3,4)44)36-25-11-12-33(5,24(2)22-25)40-20-15-34(16-21-40)13-18-39(6)19-14-34/h7-12,22-24,44H,1,13-21H2,2-6H3,(H,35,36,38). The number of nitrogens with one attached hydrogen (secondary N) is 1. The van der Waals surface area contributed by atoms with Gasteiger partial charge in [-0.3, -0.25) is 9.69 Å². The highest BCUT2D eigenvalue weighted by Crippen LogP contribution is 2.44. The molecule has 2 saturated heterocycles. The summed E-state index contributed by atoms with van der Waals surface area (Å²) in [5.74, 6) is 1.16. The molecule has 0 aromatic carbocycles. The summed E-state index contributed by atoms with van der Waals surface area (Å²) in [7, 11) is 2.24. The van der Waals surface area contributed by atoms with E-state index in [0.717, 1.165) is 18.8 Å². The van der Waals surface area contributed by atoms with Gasteiger partial charge in [-0.05, 0) is 109 Å². The Balaban J connectivity index is 1.24. The lowest BCUT2D eigenvalue weighted by molar-refractivity contribution is 0.000784. The van der Waals surface area contributed by atoms with E-state index in [9.17, 15) is 9.90 Å². The van der Waals surface area contributed by atoms with E-state index in [2.05, 4.69) is 70.8 Å². The predicted octanol–water partition coefficient (Wildman–Crippen LogP) is 4.46. The van der Waals surface area contributed by atoms with Crippen molar-refractivity contribution in [2.45, 2.75) is 71.1 Å². The van der Waals surface area contributed by atoms with E-state index in [0.29, 0.717) is 33.9 Å². The molecule has 1 aliphatic carbocycles.